The van der Waals surface area contributed by atoms with Crippen molar-refractivity contribution in [1.82, 2.24) is 0 Å². The Labute approximate surface area is 77.8 Å². The number of terminal acetylenes is 1. The van der Waals surface area contributed by atoms with Gasteiger partial charge in [-0.2, -0.15) is 0 Å². The molecule has 0 unspecified atom stereocenters. The smallest absolute Gasteiger partial charge is 0.0114 e. The number of unbranched alkanes of at least 4 members (excludes halogenated alkanes) is 2. The molecular weight excluding hydrogens is 144 g/mol. The van der Waals surface area contributed by atoms with E-state index in [-0.39, 0.29) is 0 Å². The third kappa shape index (κ3) is 6.28. The minimum Gasteiger partial charge on any atom is -0.120 e. The summed E-state index contributed by atoms with van der Waals surface area (Å²) in [5.74, 6) is 3.59. The lowest BCUT2D eigenvalue weighted by molar-refractivity contribution is 0.428. The summed E-state index contributed by atoms with van der Waals surface area (Å²) in [6.07, 6.45) is 14.3. The fraction of sp³-hybridized carbons (Fsp3) is 0.833. The molecule has 0 heteroatoms. The van der Waals surface area contributed by atoms with Crippen LogP contribution in [0.25, 0.3) is 0 Å². The molecule has 70 valence electrons. The Hall–Kier alpha value is -0.440. The van der Waals surface area contributed by atoms with Crippen LogP contribution in [0, 0.1) is 18.3 Å². The van der Waals surface area contributed by atoms with Crippen molar-refractivity contribution in [2.75, 3.05) is 0 Å². The Morgan fingerprint density at radius 1 is 1.08 bits per heavy atom. The van der Waals surface area contributed by atoms with Crippen LogP contribution in [0.4, 0.5) is 0 Å². The molecule has 0 radical (unpaired) electrons. The molecule has 0 N–H and O–H groups in total. The van der Waals surface area contributed by atoms with Crippen LogP contribution < -0.4 is 0 Å². The highest BCUT2D eigenvalue weighted by Crippen LogP contribution is 2.18. The summed E-state index contributed by atoms with van der Waals surface area (Å²) in [6.45, 7) is 4.49. The van der Waals surface area contributed by atoms with Crippen LogP contribution in [0.15, 0.2) is 0 Å². The van der Waals surface area contributed by atoms with Crippen molar-refractivity contribution in [2.24, 2.45) is 5.92 Å². The van der Waals surface area contributed by atoms with Crippen LogP contribution >= 0.6 is 0 Å². The molecular formula is C12H22. The molecule has 0 saturated carbocycles. The molecule has 0 fully saturated rings. The fourth-order valence-electron chi connectivity index (χ4n) is 1.50. The molecule has 0 aliphatic rings. The zero-order valence-corrected chi connectivity index (χ0v) is 8.60. The average molecular weight is 166 g/mol. The summed E-state index contributed by atoms with van der Waals surface area (Å²) in [6, 6.07) is 0. The van der Waals surface area contributed by atoms with E-state index in [0.29, 0.717) is 0 Å². The fourth-order valence-corrected chi connectivity index (χ4v) is 1.50. The van der Waals surface area contributed by atoms with Gasteiger partial charge in [0.25, 0.3) is 0 Å². The van der Waals surface area contributed by atoms with Gasteiger partial charge in [0.2, 0.25) is 0 Å². The first-order valence-electron chi connectivity index (χ1n) is 5.28. The van der Waals surface area contributed by atoms with Gasteiger partial charge in [-0.3, -0.25) is 0 Å². The average Bonchev–Trinajstić information content (AvgIpc) is 2.10. The minimum absolute atomic E-state index is 0.801. The number of hydrogen-bond acceptors (Lipinski definition) is 0. The third-order valence-electron chi connectivity index (χ3n) is 2.34. The lowest BCUT2D eigenvalue weighted by Crippen LogP contribution is -1.99. The summed E-state index contributed by atoms with van der Waals surface area (Å²) in [5, 5.41) is 0. The maximum atomic E-state index is 5.32. The summed E-state index contributed by atoms with van der Waals surface area (Å²) >= 11 is 0. The molecule has 0 saturated heterocycles. The van der Waals surface area contributed by atoms with Gasteiger partial charge in [0.05, 0.1) is 0 Å². The molecule has 0 bridgehead atoms. The second-order valence-electron chi connectivity index (χ2n) is 3.56. The zero-order chi connectivity index (χ0) is 9.23. The Morgan fingerprint density at radius 2 is 1.58 bits per heavy atom. The topological polar surface area (TPSA) is 0 Å². The van der Waals surface area contributed by atoms with Crippen molar-refractivity contribution in [1.29, 1.82) is 0 Å². The maximum Gasteiger partial charge on any atom is 0.0114 e. The van der Waals surface area contributed by atoms with E-state index in [1.54, 1.807) is 0 Å². The van der Waals surface area contributed by atoms with Gasteiger partial charge in [-0.25, -0.2) is 0 Å². The summed E-state index contributed by atoms with van der Waals surface area (Å²) in [5.41, 5.74) is 0. The predicted molar refractivity (Wildman–Crippen MR) is 56.0 cm³/mol. The molecule has 0 atom stereocenters. The van der Waals surface area contributed by atoms with E-state index in [9.17, 15) is 0 Å². The standard InChI is InChI=1S/C12H22/c1-4-7-10-12(9-6-3)11-8-5-2/h3,12H,4-5,7-11H2,1-2H3. The molecule has 0 rings (SSSR count). The van der Waals surface area contributed by atoms with E-state index in [1.165, 1.54) is 38.5 Å². The number of hydrogen-bond donors (Lipinski definition) is 0. The van der Waals surface area contributed by atoms with Gasteiger partial charge in [0.15, 0.2) is 0 Å². The van der Waals surface area contributed by atoms with E-state index in [4.69, 9.17) is 6.42 Å². The van der Waals surface area contributed by atoms with E-state index in [0.717, 1.165) is 12.3 Å². The van der Waals surface area contributed by atoms with Gasteiger partial charge in [-0.15, -0.1) is 12.3 Å². The van der Waals surface area contributed by atoms with Gasteiger partial charge in [0.1, 0.15) is 0 Å². The molecule has 0 aromatic carbocycles. The molecule has 0 aliphatic carbocycles. The minimum atomic E-state index is 0.801. The van der Waals surface area contributed by atoms with Crippen molar-refractivity contribution in [3.8, 4) is 12.3 Å². The largest absolute Gasteiger partial charge is 0.120 e. The third-order valence-corrected chi connectivity index (χ3v) is 2.34. The molecule has 0 aromatic heterocycles. The number of rotatable bonds is 7. The maximum absolute atomic E-state index is 5.32. The van der Waals surface area contributed by atoms with E-state index < -0.39 is 0 Å². The summed E-state index contributed by atoms with van der Waals surface area (Å²) < 4.78 is 0. The van der Waals surface area contributed by atoms with Crippen molar-refractivity contribution in [3.05, 3.63) is 0 Å². The van der Waals surface area contributed by atoms with Crippen LogP contribution in [-0.2, 0) is 0 Å². The van der Waals surface area contributed by atoms with Crippen molar-refractivity contribution >= 4 is 0 Å². The Bertz CT molecular complexity index is 110. The van der Waals surface area contributed by atoms with Gasteiger partial charge in [-0.1, -0.05) is 39.5 Å². The molecule has 0 amide bonds. The van der Waals surface area contributed by atoms with Crippen molar-refractivity contribution in [3.63, 3.8) is 0 Å². The highest BCUT2D eigenvalue weighted by atomic mass is 14.1. The molecule has 0 heterocycles. The SMILES string of the molecule is C#CCC(CCCC)CCCC. The van der Waals surface area contributed by atoms with Crippen LogP contribution in [0.2, 0.25) is 0 Å². The molecule has 0 aliphatic heterocycles. The van der Waals surface area contributed by atoms with Gasteiger partial charge in [-0.05, 0) is 18.8 Å². The highest BCUT2D eigenvalue weighted by Gasteiger charge is 2.05. The van der Waals surface area contributed by atoms with Gasteiger partial charge >= 0.3 is 0 Å². The van der Waals surface area contributed by atoms with Crippen molar-refractivity contribution < 1.29 is 0 Å². The van der Waals surface area contributed by atoms with Crippen LogP contribution in [-0.4, -0.2) is 0 Å². The Kier molecular flexibility index (Phi) is 8.34. The second kappa shape index (κ2) is 8.65. The van der Waals surface area contributed by atoms with Crippen LogP contribution in [0.1, 0.15) is 58.8 Å². The summed E-state index contributed by atoms with van der Waals surface area (Å²) in [4.78, 5) is 0. The first-order valence-corrected chi connectivity index (χ1v) is 5.28. The highest BCUT2D eigenvalue weighted by molar-refractivity contribution is 4.86. The van der Waals surface area contributed by atoms with Crippen LogP contribution in [0.5, 0.6) is 0 Å². The molecule has 0 aromatic rings. The molecule has 0 nitrogen and oxygen atoms in total. The first kappa shape index (κ1) is 11.6. The second-order valence-corrected chi connectivity index (χ2v) is 3.56. The summed E-state index contributed by atoms with van der Waals surface area (Å²) in [7, 11) is 0. The molecule has 0 spiro atoms. The first-order chi connectivity index (χ1) is 5.85. The Morgan fingerprint density at radius 3 is 1.92 bits per heavy atom. The zero-order valence-electron chi connectivity index (χ0n) is 8.60. The van der Waals surface area contributed by atoms with E-state index in [2.05, 4.69) is 19.8 Å². The quantitative estimate of drug-likeness (QED) is 0.501. The van der Waals surface area contributed by atoms with Crippen molar-refractivity contribution in [2.45, 2.75) is 58.8 Å². The van der Waals surface area contributed by atoms with Crippen LogP contribution in [0.3, 0.4) is 0 Å². The van der Waals surface area contributed by atoms with E-state index in [1.807, 2.05) is 0 Å². The van der Waals surface area contributed by atoms with Gasteiger partial charge < -0.3 is 0 Å². The lowest BCUT2D eigenvalue weighted by atomic mass is 9.93. The monoisotopic (exact) mass is 166 g/mol. The molecule has 12 heavy (non-hydrogen) atoms. The predicted octanol–water partition coefficient (Wildman–Crippen LogP) is 4.01. The Balaban J connectivity index is 3.48. The van der Waals surface area contributed by atoms with E-state index >= 15 is 0 Å². The normalized spacial score (nSPS) is 10.2. The lowest BCUT2D eigenvalue weighted by Gasteiger charge is -2.12. The van der Waals surface area contributed by atoms with Gasteiger partial charge in [0, 0.05) is 6.42 Å².